The Balaban J connectivity index is 1.14. The summed E-state index contributed by atoms with van der Waals surface area (Å²) in [6.45, 7) is 0. The molecule has 0 bridgehead atoms. The molecule has 11 aromatic rings. The Labute approximate surface area is 306 Å². The fourth-order valence-electron chi connectivity index (χ4n) is 8.41. The molecule has 3 heteroatoms. The molecule has 9 aromatic carbocycles. The summed E-state index contributed by atoms with van der Waals surface area (Å²) in [6, 6.07) is 69.8. The van der Waals surface area contributed by atoms with Gasteiger partial charge >= 0.3 is 0 Å². The second kappa shape index (κ2) is 11.7. The standard InChI is InChI=1S/C50H32N2O/c1-3-20-39-33(13-1)15-10-27-45(39)51(37-18-11-19-38(32-37)52-46-25-7-5-22-42(46)43-23-6-8-26-47(43)52)36-17-9-16-35(31-36)40-24-12-28-48-49(40)44-30-29-34-14-2-4-21-41(34)50(44)53-48/h1-32H. The Bertz CT molecular complexity index is 3140. The summed E-state index contributed by atoms with van der Waals surface area (Å²) in [5.41, 5.74) is 10.9. The van der Waals surface area contributed by atoms with Gasteiger partial charge in [0.05, 0.1) is 16.7 Å². The largest absolute Gasteiger partial charge is 0.455 e. The molecule has 53 heavy (non-hydrogen) atoms. The molecule has 0 atom stereocenters. The molecule has 248 valence electrons. The predicted molar refractivity (Wildman–Crippen MR) is 223 cm³/mol. The summed E-state index contributed by atoms with van der Waals surface area (Å²) in [4.78, 5) is 2.41. The summed E-state index contributed by atoms with van der Waals surface area (Å²) in [6.07, 6.45) is 0. The van der Waals surface area contributed by atoms with E-state index in [4.69, 9.17) is 4.42 Å². The van der Waals surface area contributed by atoms with Gasteiger partial charge in [0, 0.05) is 49.4 Å². The van der Waals surface area contributed by atoms with Crippen molar-refractivity contribution in [3.05, 3.63) is 194 Å². The van der Waals surface area contributed by atoms with Crippen LogP contribution in [0.3, 0.4) is 0 Å². The van der Waals surface area contributed by atoms with E-state index < -0.39 is 0 Å². The molecule has 0 amide bonds. The molecule has 0 aliphatic rings. The molecule has 0 saturated heterocycles. The first kappa shape index (κ1) is 29.6. The summed E-state index contributed by atoms with van der Waals surface area (Å²) in [5.74, 6) is 0. The van der Waals surface area contributed by atoms with Gasteiger partial charge in [-0.05, 0) is 82.6 Å². The van der Waals surface area contributed by atoms with Crippen molar-refractivity contribution < 1.29 is 4.42 Å². The Morgan fingerprint density at radius 3 is 1.81 bits per heavy atom. The molecular weight excluding hydrogens is 645 g/mol. The van der Waals surface area contributed by atoms with E-state index in [1.807, 2.05) is 0 Å². The lowest BCUT2D eigenvalue weighted by Gasteiger charge is -2.28. The van der Waals surface area contributed by atoms with Gasteiger partial charge < -0.3 is 13.9 Å². The van der Waals surface area contributed by atoms with Gasteiger partial charge in [0.2, 0.25) is 0 Å². The minimum atomic E-state index is 0.893. The van der Waals surface area contributed by atoms with E-state index >= 15 is 0 Å². The van der Waals surface area contributed by atoms with E-state index in [1.165, 1.54) is 38.0 Å². The number of nitrogens with zero attached hydrogens (tertiary/aromatic N) is 2. The van der Waals surface area contributed by atoms with Crippen molar-refractivity contribution in [3.8, 4) is 16.8 Å². The Kier molecular flexibility index (Phi) is 6.55. The van der Waals surface area contributed by atoms with Crippen molar-refractivity contribution in [2.75, 3.05) is 4.90 Å². The van der Waals surface area contributed by atoms with Gasteiger partial charge in [0.1, 0.15) is 11.2 Å². The van der Waals surface area contributed by atoms with Crippen LogP contribution in [-0.2, 0) is 0 Å². The number of hydrogen-bond donors (Lipinski definition) is 0. The summed E-state index contributed by atoms with van der Waals surface area (Å²) >= 11 is 0. The molecule has 2 aromatic heterocycles. The first-order valence-electron chi connectivity index (χ1n) is 18.1. The lowest BCUT2D eigenvalue weighted by atomic mass is 9.97. The van der Waals surface area contributed by atoms with Crippen LogP contribution in [0.1, 0.15) is 0 Å². The van der Waals surface area contributed by atoms with E-state index in [0.29, 0.717) is 0 Å². The van der Waals surface area contributed by atoms with Gasteiger partial charge in [-0.25, -0.2) is 0 Å². The number of fused-ring (bicyclic) bond motifs is 9. The maximum absolute atomic E-state index is 6.59. The summed E-state index contributed by atoms with van der Waals surface area (Å²) < 4.78 is 8.98. The molecular formula is C50H32N2O. The second-order valence-corrected chi connectivity index (χ2v) is 13.7. The number of aromatic nitrogens is 1. The molecule has 0 aliphatic carbocycles. The molecule has 0 saturated carbocycles. The van der Waals surface area contributed by atoms with E-state index in [9.17, 15) is 0 Å². The lowest BCUT2D eigenvalue weighted by molar-refractivity contribution is 0.673. The van der Waals surface area contributed by atoms with Crippen LogP contribution in [0.5, 0.6) is 0 Å². The van der Waals surface area contributed by atoms with Crippen molar-refractivity contribution in [1.82, 2.24) is 4.57 Å². The third kappa shape index (κ3) is 4.61. The number of hydrogen-bond acceptors (Lipinski definition) is 2. The Hall–Kier alpha value is -7.10. The smallest absolute Gasteiger partial charge is 0.143 e. The SMILES string of the molecule is c1cc(-c2cccc3oc4c5ccccc5ccc4c23)cc(N(c2cccc(-n3c4ccccc4c4ccccc43)c2)c2cccc3ccccc23)c1. The Morgan fingerprint density at radius 2 is 1.02 bits per heavy atom. The van der Waals surface area contributed by atoms with Crippen molar-refractivity contribution in [1.29, 1.82) is 0 Å². The van der Waals surface area contributed by atoms with Gasteiger partial charge in [0.15, 0.2) is 0 Å². The molecule has 3 nitrogen and oxygen atoms in total. The van der Waals surface area contributed by atoms with Crippen LogP contribution in [0.4, 0.5) is 17.1 Å². The van der Waals surface area contributed by atoms with Crippen molar-refractivity contribution in [2.24, 2.45) is 0 Å². The molecule has 11 rings (SSSR count). The van der Waals surface area contributed by atoms with Crippen LogP contribution in [0.2, 0.25) is 0 Å². The van der Waals surface area contributed by atoms with E-state index in [2.05, 4.69) is 204 Å². The molecule has 2 heterocycles. The van der Waals surface area contributed by atoms with E-state index in [1.54, 1.807) is 0 Å². The van der Waals surface area contributed by atoms with E-state index in [0.717, 1.165) is 61.2 Å². The quantitative estimate of drug-likeness (QED) is 0.181. The lowest BCUT2D eigenvalue weighted by Crippen LogP contribution is -2.11. The Morgan fingerprint density at radius 1 is 0.415 bits per heavy atom. The highest BCUT2D eigenvalue weighted by atomic mass is 16.3. The van der Waals surface area contributed by atoms with Gasteiger partial charge in [-0.1, -0.05) is 133 Å². The van der Waals surface area contributed by atoms with Crippen molar-refractivity contribution in [2.45, 2.75) is 0 Å². The second-order valence-electron chi connectivity index (χ2n) is 13.7. The number of para-hydroxylation sites is 2. The third-order valence-corrected chi connectivity index (χ3v) is 10.7. The fraction of sp³-hybridized carbons (Fsp3) is 0. The van der Waals surface area contributed by atoms with Gasteiger partial charge in [-0.3, -0.25) is 0 Å². The highest BCUT2D eigenvalue weighted by molar-refractivity contribution is 6.19. The normalized spacial score (nSPS) is 11.8. The predicted octanol–water partition coefficient (Wildman–Crippen LogP) is 14.1. The number of furan rings is 1. The van der Waals surface area contributed by atoms with Gasteiger partial charge in [-0.15, -0.1) is 0 Å². The first-order chi connectivity index (χ1) is 26.3. The van der Waals surface area contributed by atoms with Crippen LogP contribution >= 0.6 is 0 Å². The molecule has 0 fully saturated rings. The zero-order valence-corrected chi connectivity index (χ0v) is 28.8. The topological polar surface area (TPSA) is 21.3 Å². The molecule has 0 radical (unpaired) electrons. The minimum absolute atomic E-state index is 0.893. The highest BCUT2D eigenvalue weighted by Crippen LogP contribution is 2.44. The highest BCUT2D eigenvalue weighted by Gasteiger charge is 2.20. The minimum Gasteiger partial charge on any atom is -0.455 e. The van der Waals surface area contributed by atoms with E-state index in [-0.39, 0.29) is 0 Å². The molecule has 0 spiro atoms. The molecule has 0 aliphatic heterocycles. The summed E-state index contributed by atoms with van der Waals surface area (Å²) in [5, 5.41) is 9.47. The number of anilines is 3. The average Bonchev–Trinajstić information content (AvgIpc) is 3.78. The molecule has 0 N–H and O–H groups in total. The zero-order valence-electron chi connectivity index (χ0n) is 28.8. The van der Waals surface area contributed by atoms with Crippen LogP contribution < -0.4 is 4.90 Å². The number of benzene rings is 9. The monoisotopic (exact) mass is 676 g/mol. The van der Waals surface area contributed by atoms with Crippen molar-refractivity contribution >= 4 is 82.4 Å². The maximum Gasteiger partial charge on any atom is 0.143 e. The van der Waals surface area contributed by atoms with Crippen LogP contribution in [0.15, 0.2) is 199 Å². The van der Waals surface area contributed by atoms with Crippen LogP contribution in [0, 0.1) is 0 Å². The zero-order chi connectivity index (χ0) is 34.9. The van der Waals surface area contributed by atoms with Crippen LogP contribution in [0.25, 0.3) is 82.1 Å². The number of rotatable bonds is 5. The molecule has 0 unspecified atom stereocenters. The van der Waals surface area contributed by atoms with Crippen molar-refractivity contribution in [3.63, 3.8) is 0 Å². The first-order valence-corrected chi connectivity index (χ1v) is 18.1. The average molecular weight is 677 g/mol. The fourth-order valence-corrected chi connectivity index (χ4v) is 8.41. The third-order valence-electron chi connectivity index (χ3n) is 10.7. The van der Waals surface area contributed by atoms with Crippen LogP contribution in [-0.4, -0.2) is 4.57 Å². The maximum atomic E-state index is 6.59. The van der Waals surface area contributed by atoms with Gasteiger partial charge in [0.25, 0.3) is 0 Å². The van der Waals surface area contributed by atoms with Gasteiger partial charge in [-0.2, -0.15) is 0 Å². The summed E-state index contributed by atoms with van der Waals surface area (Å²) in [7, 11) is 0.